The van der Waals surface area contributed by atoms with Gasteiger partial charge in [-0.25, -0.2) is 0 Å². The topological polar surface area (TPSA) is 81.2 Å². The highest BCUT2D eigenvalue weighted by Crippen LogP contribution is 2.24. The fourth-order valence-corrected chi connectivity index (χ4v) is 3.73. The molecule has 0 saturated carbocycles. The monoisotopic (exact) mass is 308 g/mol. The number of anilines is 1. The van der Waals surface area contributed by atoms with Crippen LogP contribution in [0.2, 0.25) is 0 Å². The maximum absolute atomic E-state index is 12.9. The summed E-state index contributed by atoms with van der Waals surface area (Å²) < 4.78 is 28.5. The van der Waals surface area contributed by atoms with Crippen LogP contribution in [-0.4, -0.2) is 31.3 Å². The van der Waals surface area contributed by atoms with Gasteiger partial charge in [-0.2, -0.15) is 13.5 Å². The molecule has 0 unspecified atom stereocenters. The molecule has 0 amide bonds. The Hall–Kier alpha value is -1.86. The van der Waals surface area contributed by atoms with Gasteiger partial charge in [0, 0.05) is 13.6 Å². The lowest BCUT2D eigenvalue weighted by molar-refractivity contribution is 0.571. The van der Waals surface area contributed by atoms with Gasteiger partial charge in [0.25, 0.3) is 10.0 Å². The molecule has 0 saturated heterocycles. The van der Waals surface area contributed by atoms with Crippen LogP contribution in [0.3, 0.4) is 0 Å². The summed E-state index contributed by atoms with van der Waals surface area (Å²) in [6, 6.07) is 8.92. The Bertz CT molecular complexity index is 709. The summed E-state index contributed by atoms with van der Waals surface area (Å²) in [5, 5.41) is 4.11. The van der Waals surface area contributed by atoms with Crippen molar-refractivity contribution in [3.63, 3.8) is 0 Å². The smallest absolute Gasteiger partial charge is 0.281 e. The van der Waals surface area contributed by atoms with E-state index in [1.165, 1.54) is 21.3 Å². The molecule has 2 N–H and O–H groups in total. The van der Waals surface area contributed by atoms with E-state index in [1.807, 2.05) is 25.1 Å². The third-order valence-corrected chi connectivity index (χ3v) is 5.09. The number of rotatable bonds is 6. The lowest BCUT2D eigenvalue weighted by atomic mass is 10.2. The van der Waals surface area contributed by atoms with Gasteiger partial charge in [0.15, 0.2) is 5.03 Å². The van der Waals surface area contributed by atoms with Gasteiger partial charge >= 0.3 is 0 Å². The Kier molecular flexibility index (Phi) is 4.64. The SMILES string of the molecule is Cc1cccc(N(CCCN)S(=O)(=O)c2ccnn2C)c1. The highest BCUT2D eigenvalue weighted by Gasteiger charge is 2.27. The molecule has 1 aromatic heterocycles. The molecule has 0 bridgehead atoms. The van der Waals surface area contributed by atoms with Gasteiger partial charge in [0.05, 0.1) is 11.9 Å². The fraction of sp³-hybridized carbons (Fsp3) is 0.357. The molecule has 1 aromatic carbocycles. The number of sulfonamides is 1. The van der Waals surface area contributed by atoms with Gasteiger partial charge in [-0.05, 0) is 43.7 Å². The van der Waals surface area contributed by atoms with Crippen LogP contribution >= 0.6 is 0 Å². The minimum Gasteiger partial charge on any atom is -0.330 e. The van der Waals surface area contributed by atoms with Crippen LogP contribution in [0.1, 0.15) is 12.0 Å². The van der Waals surface area contributed by atoms with E-state index in [-0.39, 0.29) is 5.03 Å². The molecule has 0 aliphatic heterocycles. The summed E-state index contributed by atoms with van der Waals surface area (Å²) >= 11 is 0. The van der Waals surface area contributed by atoms with Crippen LogP contribution in [0.15, 0.2) is 41.6 Å². The third kappa shape index (κ3) is 3.25. The van der Waals surface area contributed by atoms with Crippen molar-refractivity contribution in [1.82, 2.24) is 9.78 Å². The largest absolute Gasteiger partial charge is 0.330 e. The Balaban J connectivity index is 2.48. The molecule has 0 spiro atoms. The van der Waals surface area contributed by atoms with Crippen LogP contribution in [0, 0.1) is 6.92 Å². The number of aromatic nitrogens is 2. The van der Waals surface area contributed by atoms with Crippen LogP contribution in [0.4, 0.5) is 5.69 Å². The molecule has 6 nitrogen and oxygen atoms in total. The highest BCUT2D eigenvalue weighted by molar-refractivity contribution is 7.92. The molecule has 2 aromatic rings. The summed E-state index contributed by atoms with van der Waals surface area (Å²) in [6.45, 7) is 2.71. The minimum absolute atomic E-state index is 0.168. The molecule has 114 valence electrons. The Morgan fingerprint density at radius 1 is 1.33 bits per heavy atom. The van der Waals surface area contributed by atoms with Gasteiger partial charge < -0.3 is 5.73 Å². The van der Waals surface area contributed by atoms with Crippen LogP contribution in [0.5, 0.6) is 0 Å². The van der Waals surface area contributed by atoms with Crippen molar-refractivity contribution < 1.29 is 8.42 Å². The molecular formula is C14H20N4O2S. The first-order valence-electron chi connectivity index (χ1n) is 6.74. The predicted molar refractivity (Wildman–Crippen MR) is 82.6 cm³/mol. The first-order chi connectivity index (χ1) is 9.96. The lowest BCUT2D eigenvalue weighted by Gasteiger charge is -2.24. The number of hydrogen-bond donors (Lipinski definition) is 1. The molecule has 2 rings (SSSR count). The molecule has 0 aliphatic rings. The molecule has 0 fully saturated rings. The zero-order valence-electron chi connectivity index (χ0n) is 12.2. The van der Waals surface area contributed by atoms with E-state index < -0.39 is 10.0 Å². The summed E-state index contributed by atoms with van der Waals surface area (Å²) in [6.07, 6.45) is 2.06. The zero-order valence-corrected chi connectivity index (χ0v) is 13.0. The predicted octanol–water partition coefficient (Wildman–Crippen LogP) is 1.27. The van der Waals surface area contributed by atoms with Crippen molar-refractivity contribution >= 4 is 15.7 Å². The van der Waals surface area contributed by atoms with Gasteiger partial charge in [-0.1, -0.05) is 12.1 Å². The standard InChI is InChI=1S/C14H20N4O2S/c1-12-5-3-6-13(11-12)18(10-4-8-15)21(19,20)14-7-9-16-17(14)2/h3,5-7,9,11H,4,8,10,15H2,1-2H3. The van der Waals surface area contributed by atoms with Crippen LogP contribution in [-0.2, 0) is 17.1 Å². The van der Waals surface area contributed by atoms with E-state index in [0.29, 0.717) is 25.2 Å². The van der Waals surface area contributed by atoms with E-state index >= 15 is 0 Å². The van der Waals surface area contributed by atoms with Crippen LogP contribution < -0.4 is 10.0 Å². The van der Waals surface area contributed by atoms with E-state index in [1.54, 1.807) is 13.1 Å². The molecule has 21 heavy (non-hydrogen) atoms. The summed E-state index contributed by atoms with van der Waals surface area (Å²) in [5.74, 6) is 0. The number of benzene rings is 1. The van der Waals surface area contributed by atoms with Gasteiger partial charge in [-0.3, -0.25) is 8.99 Å². The maximum Gasteiger partial charge on any atom is 0.281 e. The molecular weight excluding hydrogens is 288 g/mol. The lowest BCUT2D eigenvalue weighted by Crippen LogP contribution is -2.34. The second-order valence-electron chi connectivity index (χ2n) is 4.85. The zero-order chi connectivity index (χ0) is 15.5. The number of nitrogens with two attached hydrogens (primary N) is 1. The number of aryl methyl sites for hydroxylation is 2. The summed E-state index contributed by atoms with van der Waals surface area (Å²) in [4.78, 5) is 0. The average Bonchev–Trinajstić information content (AvgIpc) is 2.86. The van der Waals surface area contributed by atoms with Gasteiger partial charge in [0.2, 0.25) is 0 Å². The van der Waals surface area contributed by atoms with Gasteiger partial charge in [-0.15, -0.1) is 0 Å². The fourth-order valence-electron chi connectivity index (χ4n) is 2.13. The van der Waals surface area contributed by atoms with Crippen molar-refractivity contribution in [2.24, 2.45) is 12.8 Å². The highest BCUT2D eigenvalue weighted by atomic mass is 32.2. The summed E-state index contributed by atoms with van der Waals surface area (Å²) in [7, 11) is -2.04. The maximum atomic E-state index is 12.9. The first-order valence-corrected chi connectivity index (χ1v) is 8.18. The van der Waals surface area contributed by atoms with E-state index in [9.17, 15) is 8.42 Å². The Labute approximate surface area is 125 Å². The minimum atomic E-state index is -3.65. The summed E-state index contributed by atoms with van der Waals surface area (Å²) in [5.41, 5.74) is 7.19. The van der Waals surface area contributed by atoms with Crippen molar-refractivity contribution in [3.8, 4) is 0 Å². The van der Waals surface area contributed by atoms with Crippen molar-refractivity contribution in [1.29, 1.82) is 0 Å². The quantitative estimate of drug-likeness (QED) is 0.871. The molecule has 1 heterocycles. The Morgan fingerprint density at radius 2 is 2.10 bits per heavy atom. The number of hydrogen-bond acceptors (Lipinski definition) is 4. The van der Waals surface area contributed by atoms with Crippen LogP contribution in [0.25, 0.3) is 0 Å². The average molecular weight is 308 g/mol. The third-order valence-electron chi connectivity index (χ3n) is 3.19. The van der Waals surface area contributed by atoms with Crippen molar-refractivity contribution in [2.45, 2.75) is 18.4 Å². The molecule has 0 radical (unpaired) electrons. The molecule has 0 atom stereocenters. The molecule has 7 heteroatoms. The van der Waals surface area contributed by atoms with E-state index in [2.05, 4.69) is 5.10 Å². The first kappa shape index (κ1) is 15.5. The number of nitrogens with zero attached hydrogens (tertiary/aromatic N) is 3. The normalized spacial score (nSPS) is 11.6. The molecule has 0 aliphatic carbocycles. The van der Waals surface area contributed by atoms with Crippen molar-refractivity contribution in [2.75, 3.05) is 17.4 Å². The second-order valence-corrected chi connectivity index (χ2v) is 6.66. The van der Waals surface area contributed by atoms with Crippen molar-refractivity contribution in [3.05, 3.63) is 42.1 Å². The van der Waals surface area contributed by atoms with E-state index in [0.717, 1.165) is 5.56 Å². The Morgan fingerprint density at radius 3 is 2.67 bits per heavy atom. The van der Waals surface area contributed by atoms with Gasteiger partial charge in [0.1, 0.15) is 0 Å². The van der Waals surface area contributed by atoms with E-state index in [4.69, 9.17) is 5.73 Å². The second kappa shape index (κ2) is 6.28.